The quantitative estimate of drug-likeness (QED) is 0.486. The van der Waals surface area contributed by atoms with E-state index in [4.69, 9.17) is 11.6 Å². The predicted octanol–water partition coefficient (Wildman–Crippen LogP) is 3.11. The van der Waals surface area contributed by atoms with Crippen molar-refractivity contribution >= 4 is 23.2 Å². The average Bonchev–Trinajstić information content (AvgIpc) is 2.14. The Morgan fingerprint density at radius 3 is 2.14 bits per heavy atom. The van der Waals surface area contributed by atoms with Crippen LogP contribution in [0, 0.1) is 0 Å². The molecule has 0 saturated heterocycles. The van der Waals surface area contributed by atoms with Crippen LogP contribution in [0.4, 0.5) is 0 Å². The average molecular weight is 219 g/mol. The van der Waals surface area contributed by atoms with Crippen molar-refractivity contribution < 1.29 is 9.59 Å². The van der Waals surface area contributed by atoms with E-state index >= 15 is 0 Å². The molecule has 0 radical (unpaired) electrons. The van der Waals surface area contributed by atoms with E-state index in [1.807, 2.05) is 13.8 Å². The maximum absolute atomic E-state index is 11.7. The fraction of sp³-hybridized carbons (Fsp3) is 0.818. The highest BCUT2D eigenvalue weighted by Crippen LogP contribution is 2.26. The first-order valence-electron chi connectivity index (χ1n) is 5.22. The minimum Gasteiger partial charge on any atom is -0.298 e. The summed E-state index contributed by atoms with van der Waals surface area (Å²) in [5.74, 6) is -0.336. The van der Waals surface area contributed by atoms with Crippen LogP contribution in [0.2, 0.25) is 0 Å². The van der Waals surface area contributed by atoms with Crippen molar-refractivity contribution in [3.05, 3.63) is 0 Å². The van der Waals surface area contributed by atoms with Crippen LogP contribution in [-0.4, -0.2) is 16.4 Å². The van der Waals surface area contributed by atoms with Crippen molar-refractivity contribution in [1.29, 1.82) is 0 Å². The molecule has 1 unspecified atom stereocenters. The van der Waals surface area contributed by atoms with Crippen LogP contribution in [0.1, 0.15) is 52.9 Å². The van der Waals surface area contributed by atoms with Crippen LogP contribution in [0.15, 0.2) is 0 Å². The third kappa shape index (κ3) is 3.41. The second-order valence-corrected chi connectivity index (χ2v) is 4.28. The van der Waals surface area contributed by atoms with Crippen LogP contribution >= 0.6 is 11.6 Å². The minimum atomic E-state index is -1.25. The maximum Gasteiger partial charge on any atom is 0.161 e. The number of ketones is 2. The van der Waals surface area contributed by atoms with E-state index in [-0.39, 0.29) is 11.6 Å². The fourth-order valence-electron chi connectivity index (χ4n) is 1.39. The van der Waals surface area contributed by atoms with Gasteiger partial charge in [-0.3, -0.25) is 9.59 Å². The zero-order chi connectivity index (χ0) is 11.2. The summed E-state index contributed by atoms with van der Waals surface area (Å²) in [5.41, 5.74) is 0. The zero-order valence-electron chi connectivity index (χ0n) is 9.23. The van der Waals surface area contributed by atoms with E-state index in [0.29, 0.717) is 12.8 Å². The summed E-state index contributed by atoms with van der Waals surface area (Å²) >= 11 is 6.06. The maximum atomic E-state index is 11.7. The Balaban J connectivity index is 4.48. The lowest BCUT2D eigenvalue weighted by molar-refractivity contribution is -0.130. The Labute approximate surface area is 91.0 Å². The van der Waals surface area contributed by atoms with Crippen LogP contribution in [-0.2, 0) is 9.59 Å². The van der Waals surface area contributed by atoms with Gasteiger partial charge in [-0.1, -0.05) is 26.7 Å². The molecule has 0 aliphatic heterocycles. The molecule has 0 amide bonds. The van der Waals surface area contributed by atoms with E-state index < -0.39 is 4.87 Å². The molecule has 0 aromatic rings. The molecular formula is C11H19ClO2. The number of carbonyl (C=O) groups excluding carboxylic acids is 2. The number of rotatable bonds is 7. The predicted molar refractivity (Wildman–Crippen MR) is 58.7 cm³/mol. The molecule has 0 aromatic carbocycles. The minimum absolute atomic E-state index is 0.115. The van der Waals surface area contributed by atoms with Gasteiger partial charge in [-0.15, -0.1) is 11.6 Å². The Morgan fingerprint density at radius 1 is 1.21 bits per heavy atom. The summed E-state index contributed by atoms with van der Waals surface area (Å²) in [6.07, 6.45) is 3.37. The Bertz CT molecular complexity index is 213. The number of alkyl halides is 1. The van der Waals surface area contributed by atoms with E-state index in [0.717, 1.165) is 19.3 Å². The molecule has 82 valence electrons. The molecule has 0 fully saturated rings. The van der Waals surface area contributed by atoms with Crippen molar-refractivity contribution in [1.82, 2.24) is 0 Å². The molecule has 0 rings (SSSR count). The summed E-state index contributed by atoms with van der Waals surface area (Å²) in [6.45, 7) is 5.33. The number of carbonyl (C=O) groups is 2. The van der Waals surface area contributed by atoms with Crippen molar-refractivity contribution in [2.45, 2.75) is 57.7 Å². The monoisotopic (exact) mass is 218 g/mol. The van der Waals surface area contributed by atoms with E-state index in [9.17, 15) is 9.59 Å². The Morgan fingerprint density at radius 2 is 1.79 bits per heavy atom. The van der Waals surface area contributed by atoms with E-state index in [2.05, 4.69) is 0 Å². The lowest BCUT2D eigenvalue weighted by atomic mass is 9.91. The molecule has 0 aromatic heterocycles. The third-order valence-electron chi connectivity index (χ3n) is 2.35. The van der Waals surface area contributed by atoms with Crippen LogP contribution in [0.5, 0.6) is 0 Å². The molecule has 2 nitrogen and oxygen atoms in total. The van der Waals surface area contributed by atoms with Gasteiger partial charge < -0.3 is 0 Å². The van der Waals surface area contributed by atoms with Gasteiger partial charge in [0.25, 0.3) is 0 Å². The molecule has 0 saturated carbocycles. The highest BCUT2D eigenvalue weighted by atomic mass is 35.5. The largest absolute Gasteiger partial charge is 0.298 e. The fourth-order valence-corrected chi connectivity index (χ4v) is 1.68. The van der Waals surface area contributed by atoms with Gasteiger partial charge in [0.2, 0.25) is 0 Å². The van der Waals surface area contributed by atoms with Crippen molar-refractivity contribution in [3.63, 3.8) is 0 Å². The molecule has 0 heterocycles. The molecule has 0 bridgehead atoms. The van der Waals surface area contributed by atoms with Crippen LogP contribution < -0.4 is 0 Å². The van der Waals surface area contributed by atoms with Crippen molar-refractivity contribution in [2.24, 2.45) is 0 Å². The first kappa shape index (κ1) is 13.6. The Hall–Kier alpha value is -0.370. The lowest BCUT2D eigenvalue weighted by Gasteiger charge is -2.21. The van der Waals surface area contributed by atoms with Gasteiger partial charge in [0, 0.05) is 6.42 Å². The first-order chi connectivity index (χ1) is 6.49. The van der Waals surface area contributed by atoms with Gasteiger partial charge in [0.15, 0.2) is 16.4 Å². The second-order valence-electron chi connectivity index (χ2n) is 3.63. The number of hydrogen-bond acceptors (Lipinski definition) is 2. The highest BCUT2D eigenvalue weighted by molar-refractivity contribution is 6.46. The van der Waals surface area contributed by atoms with Crippen molar-refractivity contribution in [3.8, 4) is 0 Å². The smallest absolute Gasteiger partial charge is 0.161 e. The molecule has 14 heavy (non-hydrogen) atoms. The number of Topliss-reactive ketones (excluding diaryl/α,β-unsaturated/α-hetero) is 2. The number of unbranched alkanes of at least 4 members (excludes halogenated alkanes) is 1. The summed E-state index contributed by atoms with van der Waals surface area (Å²) in [4.78, 5) is 21.8. The highest BCUT2D eigenvalue weighted by Gasteiger charge is 2.38. The van der Waals surface area contributed by atoms with Gasteiger partial charge in [-0.25, -0.2) is 0 Å². The van der Waals surface area contributed by atoms with Gasteiger partial charge in [0.05, 0.1) is 0 Å². The third-order valence-corrected chi connectivity index (χ3v) is 3.02. The zero-order valence-corrected chi connectivity index (χ0v) is 9.99. The molecule has 0 spiro atoms. The van der Waals surface area contributed by atoms with Crippen LogP contribution in [0.25, 0.3) is 0 Å². The number of hydrogen-bond donors (Lipinski definition) is 0. The van der Waals surface area contributed by atoms with Gasteiger partial charge in [0.1, 0.15) is 0 Å². The normalized spacial score (nSPS) is 14.9. The van der Waals surface area contributed by atoms with Gasteiger partial charge in [-0.2, -0.15) is 0 Å². The molecule has 3 heteroatoms. The standard InChI is InChI=1S/C11H19ClO2/c1-4-6-7-10(14)11(12,8-5-2)9(3)13/h4-8H2,1-3H3. The Kier molecular flexibility index (Phi) is 6.01. The summed E-state index contributed by atoms with van der Waals surface area (Å²) < 4.78 is 0. The summed E-state index contributed by atoms with van der Waals surface area (Å²) in [5, 5.41) is 0. The van der Waals surface area contributed by atoms with Gasteiger partial charge >= 0.3 is 0 Å². The summed E-state index contributed by atoms with van der Waals surface area (Å²) in [7, 11) is 0. The summed E-state index contributed by atoms with van der Waals surface area (Å²) in [6, 6.07) is 0. The van der Waals surface area contributed by atoms with Crippen LogP contribution in [0.3, 0.4) is 0 Å². The second kappa shape index (κ2) is 6.18. The van der Waals surface area contributed by atoms with Gasteiger partial charge in [-0.05, 0) is 19.8 Å². The molecular weight excluding hydrogens is 200 g/mol. The molecule has 0 N–H and O–H groups in total. The van der Waals surface area contributed by atoms with E-state index in [1.54, 1.807) is 0 Å². The molecule has 1 atom stereocenters. The van der Waals surface area contributed by atoms with Crippen molar-refractivity contribution in [2.75, 3.05) is 0 Å². The van der Waals surface area contributed by atoms with E-state index in [1.165, 1.54) is 6.92 Å². The molecule has 0 aliphatic rings. The first-order valence-corrected chi connectivity index (χ1v) is 5.60. The molecule has 0 aliphatic carbocycles. The lowest BCUT2D eigenvalue weighted by Crippen LogP contribution is -2.39. The SMILES string of the molecule is CCCCC(=O)C(Cl)(CCC)C(C)=O. The topological polar surface area (TPSA) is 34.1 Å². The number of halogens is 1.